The number of carbonyl (C=O) groups excluding carboxylic acids is 1. The third kappa shape index (κ3) is 7.97. The third-order valence-corrected chi connectivity index (χ3v) is 5.74. The lowest BCUT2D eigenvalue weighted by atomic mass is 10.0. The highest BCUT2D eigenvalue weighted by atomic mass is 19.4. The van der Waals surface area contributed by atoms with Gasteiger partial charge in [-0.3, -0.25) is 4.79 Å². The lowest BCUT2D eigenvalue weighted by Crippen LogP contribution is -2.24. The standard InChI is InChI=1S/C30H25F4N3O3/c1-21-16-27(23-10-12-26(13-11-23)40-30(32,33)34)36-29(24-8-5-9-25(31)17-24)28(21)35-19-37(20-38)14-15-39-18-22-6-3-2-4-7-22/h2-13,16-17,19-20H,14-15,18H2,1H3. The van der Waals surface area contributed by atoms with E-state index in [-0.39, 0.29) is 18.9 Å². The molecule has 0 unspecified atom stereocenters. The zero-order chi connectivity index (χ0) is 28.5. The Balaban J connectivity index is 1.58. The fourth-order valence-corrected chi connectivity index (χ4v) is 3.84. The van der Waals surface area contributed by atoms with E-state index in [2.05, 4.69) is 14.7 Å². The molecule has 206 valence electrons. The van der Waals surface area contributed by atoms with Crippen LogP contribution in [-0.2, 0) is 16.1 Å². The van der Waals surface area contributed by atoms with Gasteiger partial charge in [-0.1, -0.05) is 42.5 Å². The molecule has 6 nitrogen and oxygen atoms in total. The molecular formula is C30H25F4N3O3. The van der Waals surface area contributed by atoms with E-state index < -0.39 is 12.2 Å². The number of benzene rings is 3. The molecule has 0 aliphatic heterocycles. The van der Waals surface area contributed by atoms with Crippen molar-refractivity contribution in [3.63, 3.8) is 0 Å². The van der Waals surface area contributed by atoms with Gasteiger partial charge >= 0.3 is 6.36 Å². The molecule has 0 atom stereocenters. The number of rotatable bonds is 11. The zero-order valence-electron chi connectivity index (χ0n) is 21.4. The lowest BCUT2D eigenvalue weighted by molar-refractivity contribution is -0.274. The predicted octanol–water partition coefficient (Wildman–Crippen LogP) is 7.10. The number of halogens is 4. The minimum atomic E-state index is -4.80. The van der Waals surface area contributed by atoms with Gasteiger partial charge in [0.15, 0.2) is 0 Å². The van der Waals surface area contributed by atoms with Crippen molar-refractivity contribution >= 4 is 18.4 Å². The van der Waals surface area contributed by atoms with Gasteiger partial charge in [-0.05, 0) is 60.5 Å². The maximum Gasteiger partial charge on any atom is 0.573 e. The largest absolute Gasteiger partial charge is 0.573 e. The topological polar surface area (TPSA) is 64.0 Å². The van der Waals surface area contributed by atoms with E-state index in [1.54, 1.807) is 19.1 Å². The second-order valence-electron chi connectivity index (χ2n) is 8.73. The molecule has 0 radical (unpaired) electrons. The molecule has 0 aliphatic carbocycles. The number of aromatic nitrogens is 1. The maximum absolute atomic E-state index is 14.1. The monoisotopic (exact) mass is 551 g/mol. The van der Waals surface area contributed by atoms with Gasteiger partial charge in [0.05, 0.1) is 36.6 Å². The minimum Gasteiger partial charge on any atom is -0.406 e. The molecule has 1 amide bonds. The molecule has 0 saturated carbocycles. The van der Waals surface area contributed by atoms with Crippen LogP contribution in [0.25, 0.3) is 22.5 Å². The summed E-state index contributed by atoms with van der Waals surface area (Å²) in [4.78, 5) is 22.1. The van der Waals surface area contributed by atoms with E-state index in [1.807, 2.05) is 30.3 Å². The van der Waals surface area contributed by atoms with Crippen LogP contribution in [0.5, 0.6) is 5.75 Å². The highest BCUT2D eigenvalue weighted by Crippen LogP contribution is 2.35. The minimum absolute atomic E-state index is 0.256. The first kappa shape index (κ1) is 28.4. The van der Waals surface area contributed by atoms with E-state index in [1.165, 1.54) is 53.7 Å². The number of nitrogens with zero attached hydrogens (tertiary/aromatic N) is 3. The van der Waals surface area contributed by atoms with Gasteiger partial charge in [-0.15, -0.1) is 13.2 Å². The van der Waals surface area contributed by atoms with E-state index in [4.69, 9.17) is 4.74 Å². The molecule has 10 heteroatoms. The smallest absolute Gasteiger partial charge is 0.406 e. The van der Waals surface area contributed by atoms with Gasteiger partial charge < -0.3 is 14.4 Å². The number of carbonyl (C=O) groups is 1. The van der Waals surface area contributed by atoms with Gasteiger partial charge in [0.1, 0.15) is 11.6 Å². The fraction of sp³-hybridized carbons (Fsp3) is 0.167. The molecule has 0 N–H and O–H groups in total. The Kier molecular flexibility index (Phi) is 9.23. The fourth-order valence-electron chi connectivity index (χ4n) is 3.84. The Morgan fingerprint density at radius 1 is 0.950 bits per heavy atom. The first-order valence-corrected chi connectivity index (χ1v) is 12.2. The quantitative estimate of drug-likeness (QED) is 0.0656. The molecule has 0 bridgehead atoms. The van der Waals surface area contributed by atoms with Crippen molar-refractivity contribution in [1.29, 1.82) is 0 Å². The molecule has 4 rings (SSSR count). The molecule has 0 aliphatic rings. The van der Waals surface area contributed by atoms with Gasteiger partial charge in [0.25, 0.3) is 0 Å². The Labute approximate surface area is 228 Å². The van der Waals surface area contributed by atoms with Crippen molar-refractivity contribution in [2.75, 3.05) is 13.2 Å². The zero-order valence-corrected chi connectivity index (χ0v) is 21.4. The highest BCUT2D eigenvalue weighted by molar-refractivity contribution is 5.83. The molecule has 4 aromatic rings. The second-order valence-corrected chi connectivity index (χ2v) is 8.73. The summed E-state index contributed by atoms with van der Waals surface area (Å²) >= 11 is 0. The lowest BCUT2D eigenvalue weighted by Gasteiger charge is -2.15. The number of hydrogen-bond acceptors (Lipinski definition) is 5. The Hall–Kier alpha value is -4.57. The van der Waals surface area contributed by atoms with Crippen LogP contribution in [0.15, 0.2) is 89.9 Å². The third-order valence-electron chi connectivity index (χ3n) is 5.74. The van der Waals surface area contributed by atoms with Crippen molar-refractivity contribution in [2.45, 2.75) is 19.9 Å². The first-order valence-electron chi connectivity index (χ1n) is 12.2. The summed E-state index contributed by atoms with van der Waals surface area (Å²) in [5.41, 5.74) is 3.82. The van der Waals surface area contributed by atoms with Gasteiger partial charge in [-0.2, -0.15) is 0 Å². The number of ether oxygens (including phenoxy) is 2. The summed E-state index contributed by atoms with van der Waals surface area (Å²) in [6, 6.07) is 22.4. The van der Waals surface area contributed by atoms with Crippen LogP contribution in [0.1, 0.15) is 11.1 Å². The average molecular weight is 552 g/mol. The summed E-state index contributed by atoms with van der Waals surface area (Å²) in [6.07, 6.45) is -2.82. The summed E-state index contributed by atoms with van der Waals surface area (Å²) < 4.78 is 61.3. The van der Waals surface area contributed by atoms with E-state index in [0.29, 0.717) is 46.8 Å². The Bertz CT molecular complexity index is 1460. The van der Waals surface area contributed by atoms with E-state index >= 15 is 0 Å². The molecule has 0 fully saturated rings. The van der Waals surface area contributed by atoms with E-state index in [0.717, 1.165) is 5.56 Å². The average Bonchev–Trinajstić information content (AvgIpc) is 2.93. The van der Waals surface area contributed by atoms with Crippen LogP contribution in [0.2, 0.25) is 0 Å². The highest BCUT2D eigenvalue weighted by Gasteiger charge is 2.31. The van der Waals surface area contributed by atoms with Crippen molar-refractivity contribution in [2.24, 2.45) is 4.99 Å². The number of aliphatic imine (C=N–C) groups is 1. The molecule has 0 spiro atoms. The molecule has 0 saturated heterocycles. The summed E-state index contributed by atoms with van der Waals surface area (Å²) in [6.45, 7) is 2.71. The van der Waals surface area contributed by atoms with Gasteiger partial charge in [-0.25, -0.2) is 14.4 Å². The number of amides is 1. The predicted molar refractivity (Wildman–Crippen MR) is 144 cm³/mol. The van der Waals surface area contributed by atoms with Crippen molar-refractivity contribution in [3.05, 3.63) is 102 Å². The first-order chi connectivity index (χ1) is 19.2. The SMILES string of the molecule is Cc1cc(-c2ccc(OC(F)(F)F)cc2)nc(-c2cccc(F)c2)c1N=CN(C=O)CCOCc1ccccc1. The summed E-state index contributed by atoms with van der Waals surface area (Å²) in [5, 5.41) is 0. The van der Waals surface area contributed by atoms with Crippen molar-refractivity contribution in [1.82, 2.24) is 9.88 Å². The number of hydrogen-bond donors (Lipinski definition) is 0. The van der Waals surface area contributed by atoms with Crippen molar-refractivity contribution in [3.8, 4) is 28.3 Å². The molecule has 1 aromatic heterocycles. The van der Waals surface area contributed by atoms with Crippen LogP contribution < -0.4 is 4.74 Å². The van der Waals surface area contributed by atoms with Crippen LogP contribution in [0, 0.1) is 12.7 Å². The molecular weight excluding hydrogens is 526 g/mol. The van der Waals surface area contributed by atoms with E-state index in [9.17, 15) is 22.4 Å². The van der Waals surface area contributed by atoms with Crippen molar-refractivity contribution < 1.29 is 31.8 Å². The number of pyridine rings is 1. The maximum atomic E-state index is 14.1. The second kappa shape index (κ2) is 13.0. The number of alkyl halides is 3. The Morgan fingerprint density at radius 3 is 2.38 bits per heavy atom. The van der Waals surface area contributed by atoms with Crippen LogP contribution in [0.4, 0.5) is 23.2 Å². The van der Waals surface area contributed by atoms with Crippen LogP contribution in [-0.4, -0.2) is 42.1 Å². The summed E-state index contributed by atoms with van der Waals surface area (Å²) in [7, 11) is 0. The van der Waals surface area contributed by atoms with Gasteiger partial charge in [0.2, 0.25) is 6.41 Å². The van der Waals surface area contributed by atoms with Gasteiger partial charge in [0, 0.05) is 17.7 Å². The summed E-state index contributed by atoms with van der Waals surface area (Å²) in [5.74, 6) is -0.836. The normalized spacial score (nSPS) is 11.5. The molecule has 1 heterocycles. The van der Waals surface area contributed by atoms with Crippen LogP contribution in [0.3, 0.4) is 0 Å². The molecule has 3 aromatic carbocycles. The molecule has 40 heavy (non-hydrogen) atoms. The Morgan fingerprint density at radius 2 is 1.70 bits per heavy atom. The number of aryl methyl sites for hydroxylation is 1. The van der Waals surface area contributed by atoms with Crippen LogP contribution >= 0.6 is 0 Å².